The number of alkyl halides is 3. The molecule has 24 heavy (non-hydrogen) atoms. The summed E-state index contributed by atoms with van der Waals surface area (Å²) >= 11 is 0. The lowest BCUT2D eigenvalue weighted by Gasteiger charge is -2.44. The van der Waals surface area contributed by atoms with Crippen LogP contribution in [0.2, 0.25) is 0 Å². The maximum absolute atomic E-state index is 12.6. The van der Waals surface area contributed by atoms with Gasteiger partial charge in [0.2, 0.25) is 0 Å². The molecule has 0 aromatic heterocycles. The molecule has 2 heterocycles. The van der Waals surface area contributed by atoms with Gasteiger partial charge in [0.05, 0.1) is 5.56 Å². The lowest BCUT2D eigenvalue weighted by atomic mass is 9.71. The molecule has 2 aliphatic rings. The number of amides is 1. The van der Waals surface area contributed by atoms with Gasteiger partial charge in [-0.25, -0.2) is 0 Å². The van der Waals surface area contributed by atoms with Crippen LogP contribution in [0, 0.1) is 5.41 Å². The highest BCUT2D eigenvalue weighted by molar-refractivity contribution is 5.94. The van der Waals surface area contributed by atoms with Crippen LogP contribution in [0.3, 0.4) is 0 Å². The number of piperidine rings is 2. The van der Waals surface area contributed by atoms with Crippen molar-refractivity contribution in [2.75, 3.05) is 26.2 Å². The third kappa shape index (κ3) is 4.03. The zero-order valence-electron chi connectivity index (χ0n) is 13.4. The highest BCUT2D eigenvalue weighted by Crippen LogP contribution is 2.39. The van der Waals surface area contributed by atoms with Gasteiger partial charge in [-0.15, -0.1) is 12.4 Å². The number of halogens is 4. The monoisotopic (exact) mass is 362 g/mol. The number of likely N-dealkylation sites (tertiary alicyclic amines) is 1. The van der Waals surface area contributed by atoms with Crippen LogP contribution in [-0.2, 0) is 6.18 Å². The summed E-state index contributed by atoms with van der Waals surface area (Å²) in [5.41, 5.74) is -0.0389. The predicted octanol–water partition coefficient (Wildman–Crippen LogP) is 3.73. The summed E-state index contributed by atoms with van der Waals surface area (Å²) in [6.07, 6.45) is -0.0964. The second-order valence-corrected chi connectivity index (χ2v) is 6.62. The topological polar surface area (TPSA) is 32.3 Å². The van der Waals surface area contributed by atoms with Gasteiger partial charge in [0.15, 0.2) is 0 Å². The van der Waals surface area contributed by atoms with E-state index in [2.05, 4.69) is 5.32 Å². The minimum atomic E-state index is -4.37. The molecule has 1 aromatic carbocycles. The molecule has 0 unspecified atom stereocenters. The first-order valence-electron chi connectivity index (χ1n) is 8.07. The van der Waals surface area contributed by atoms with Gasteiger partial charge in [0.25, 0.3) is 5.91 Å². The Morgan fingerprint density at radius 1 is 1.00 bits per heavy atom. The van der Waals surface area contributed by atoms with Gasteiger partial charge < -0.3 is 10.2 Å². The summed E-state index contributed by atoms with van der Waals surface area (Å²) in [6.45, 7) is 3.46. The number of carbonyl (C=O) groups excluding carboxylic acids is 1. The third-order valence-electron chi connectivity index (χ3n) is 5.23. The number of carbonyl (C=O) groups is 1. The Labute approximate surface area is 146 Å². The maximum Gasteiger partial charge on any atom is 0.416 e. The fourth-order valence-electron chi connectivity index (χ4n) is 3.63. The average Bonchev–Trinajstić information content (AvgIpc) is 2.55. The summed E-state index contributed by atoms with van der Waals surface area (Å²) in [7, 11) is 0. The fourth-order valence-corrected chi connectivity index (χ4v) is 3.63. The van der Waals surface area contributed by atoms with Crippen molar-refractivity contribution in [2.45, 2.75) is 31.9 Å². The molecule has 1 aromatic rings. The first kappa shape index (κ1) is 19.1. The second kappa shape index (κ2) is 7.31. The molecule has 0 aliphatic carbocycles. The van der Waals surface area contributed by atoms with E-state index in [1.165, 1.54) is 12.1 Å². The van der Waals surface area contributed by atoms with Crippen molar-refractivity contribution in [1.29, 1.82) is 0 Å². The molecule has 0 bridgehead atoms. The van der Waals surface area contributed by atoms with Crippen molar-refractivity contribution in [3.63, 3.8) is 0 Å². The van der Waals surface area contributed by atoms with Crippen molar-refractivity contribution in [1.82, 2.24) is 10.2 Å². The molecule has 134 valence electrons. The number of hydrogen-bond donors (Lipinski definition) is 1. The van der Waals surface area contributed by atoms with Crippen molar-refractivity contribution < 1.29 is 18.0 Å². The minimum absolute atomic E-state index is 0. The first-order chi connectivity index (χ1) is 10.9. The maximum atomic E-state index is 12.6. The van der Waals surface area contributed by atoms with E-state index in [9.17, 15) is 18.0 Å². The van der Waals surface area contributed by atoms with Crippen molar-refractivity contribution in [3.05, 3.63) is 35.4 Å². The summed E-state index contributed by atoms with van der Waals surface area (Å²) in [4.78, 5) is 14.2. The number of rotatable bonds is 1. The molecule has 0 atom stereocenters. The average molecular weight is 363 g/mol. The van der Waals surface area contributed by atoms with Crippen molar-refractivity contribution in [2.24, 2.45) is 5.41 Å². The molecule has 3 rings (SSSR count). The molecule has 2 aliphatic heterocycles. The van der Waals surface area contributed by atoms with Crippen LogP contribution < -0.4 is 5.32 Å². The molecule has 0 saturated carbocycles. The van der Waals surface area contributed by atoms with Crippen molar-refractivity contribution >= 4 is 18.3 Å². The SMILES string of the molecule is Cl.O=C(c1ccc(C(F)(F)F)cc1)N1CCC2(CCNCC2)CC1. The van der Waals surface area contributed by atoms with Gasteiger partial charge >= 0.3 is 6.18 Å². The Morgan fingerprint density at radius 3 is 2.04 bits per heavy atom. The van der Waals surface area contributed by atoms with Crippen LogP contribution in [0.5, 0.6) is 0 Å². The molecule has 1 N–H and O–H groups in total. The molecule has 7 heteroatoms. The third-order valence-corrected chi connectivity index (χ3v) is 5.23. The van der Waals surface area contributed by atoms with Crippen LogP contribution in [0.4, 0.5) is 13.2 Å². The zero-order valence-corrected chi connectivity index (χ0v) is 14.2. The van der Waals surface area contributed by atoms with E-state index in [0.29, 0.717) is 24.1 Å². The Hall–Kier alpha value is -1.27. The van der Waals surface area contributed by atoms with Gasteiger partial charge in [0.1, 0.15) is 0 Å². The van der Waals surface area contributed by atoms with Gasteiger partial charge in [-0.2, -0.15) is 13.2 Å². The van der Waals surface area contributed by atoms with E-state index < -0.39 is 11.7 Å². The standard InChI is InChI=1S/C17H21F3N2O.ClH/c18-17(19,20)14-3-1-13(2-4-14)15(23)22-11-7-16(8-12-22)5-9-21-10-6-16;/h1-4,21H,5-12H2;1H. The molecule has 0 radical (unpaired) electrons. The molecular formula is C17H22ClF3N2O. The van der Waals surface area contributed by atoms with Crippen molar-refractivity contribution in [3.8, 4) is 0 Å². The molecule has 2 saturated heterocycles. The quantitative estimate of drug-likeness (QED) is 0.825. The lowest BCUT2D eigenvalue weighted by molar-refractivity contribution is -0.137. The van der Waals surface area contributed by atoms with E-state index in [1.807, 2.05) is 0 Å². The second-order valence-electron chi connectivity index (χ2n) is 6.62. The Kier molecular flexibility index (Phi) is 5.81. The van der Waals surface area contributed by atoms with E-state index in [4.69, 9.17) is 0 Å². The molecule has 2 fully saturated rings. The first-order valence-corrected chi connectivity index (χ1v) is 8.07. The van der Waals surface area contributed by atoms with Crippen LogP contribution in [0.15, 0.2) is 24.3 Å². The van der Waals surface area contributed by atoms with Crippen LogP contribution >= 0.6 is 12.4 Å². The Balaban J connectivity index is 0.00000208. The lowest BCUT2D eigenvalue weighted by Crippen LogP contribution is -2.47. The smallest absolute Gasteiger partial charge is 0.339 e. The van der Waals surface area contributed by atoms with Gasteiger partial charge in [-0.3, -0.25) is 4.79 Å². The van der Waals surface area contributed by atoms with Crippen LogP contribution in [-0.4, -0.2) is 37.0 Å². The zero-order chi connectivity index (χ0) is 16.5. The molecule has 3 nitrogen and oxygen atoms in total. The van der Waals surface area contributed by atoms with E-state index in [0.717, 1.165) is 50.9 Å². The van der Waals surface area contributed by atoms with Gasteiger partial charge in [0, 0.05) is 18.7 Å². The molecular weight excluding hydrogens is 341 g/mol. The van der Waals surface area contributed by atoms with Gasteiger partial charge in [-0.05, 0) is 68.5 Å². The number of nitrogens with one attached hydrogen (secondary N) is 1. The summed E-state index contributed by atoms with van der Waals surface area (Å²) < 4.78 is 37.7. The largest absolute Gasteiger partial charge is 0.416 e. The van der Waals surface area contributed by atoms with E-state index >= 15 is 0 Å². The number of hydrogen-bond acceptors (Lipinski definition) is 2. The number of nitrogens with zero attached hydrogens (tertiary/aromatic N) is 1. The highest BCUT2D eigenvalue weighted by Gasteiger charge is 2.37. The highest BCUT2D eigenvalue weighted by atomic mass is 35.5. The fraction of sp³-hybridized carbons (Fsp3) is 0.588. The Bertz CT molecular complexity index is 558. The van der Waals surface area contributed by atoms with E-state index in [1.54, 1.807) is 4.90 Å². The minimum Gasteiger partial charge on any atom is -0.339 e. The summed E-state index contributed by atoms with van der Waals surface area (Å²) in [5.74, 6) is -0.164. The van der Waals surface area contributed by atoms with Crippen LogP contribution in [0.25, 0.3) is 0 Å². The van der Waals surface area contributed by atoms with Gasteiger partial charge in [-0.1, -0.05) is 0 Å². The van der Waals surface area contributed by atoms with Crippen LogP contribution in [0.1, 0.15) is 41.6 Å². The molecule has 1 spiro atoms. The molecule has 1 amide bonds. The number of benzene rings is 1. The van der Waals surface area contributed by atoms with E-state index in [-0.39, 0.29) is 18.3 Å². The Morgan fingerprint density at radius 2 is 1.54 bits per heavy atom. The normalized spacial score (nSPS) is 20.5. The summed E-state index contributed by atoms with van der Waals surface area (Å²) in [6, 6.07) is 4.51. The predicted molar refractivity (Wildman–Crippen MR) is 88.4 cm³/mol. The summed E-state index contributed by atoms with van der Waals surface area (Å²) in [5, 5.41) is 3.36.